The lowest BCUT2D eigenvalue weighted by molar-refractivity contribution is -0.124. The van der Waals surface area contributed by atoms with Crippen LogP contribution in [0.4, 0.5) is 10.5 Å². The Morgan fingerprint density at radius 1 is 1.12 bits per heavy atom. The second-order valence-corrected chi connectivity index (χ2v) is 8.81. The number of rotatable bonds is 4. The Morgan fingerprint density at radius 2 is 1.81 bits per heavy atom. The first-order valence-corrected chi connectivity index (χ1v) is 12.6. The molecule has 1 saturated heterocycles. The molecule has 1 aliphatic carbocycles. The Kier molecular flexibility index (Phi) is 13.6. The van der Waals surface area contributed by atoms with Gasteiger partial charge in [0.2, 0.25) is 5.91 Å². The van der Waals surface area contributed by atoms with Gasteiger partial charge in [-0.05, 0) is 56.2 Å². The first kappa shape index (κ1) is 27.9. The molecule has 1 aromatic rings. The largest absolute Gasteiger partial charge is 0.349 e. The molecular formula is C25H36ClN3O2S. The molecule has 2 aliphatic rings. The number of thioether (sulfide) groups is 1. The predicted octanol–water partition coefficient (Wildman–Crippen LogP) is 6.41. The number of anilines is 1. The highest BCUT2D eigenvalue weighted by molar-refractivity contribution is 7.99. The van der Waals surface area contributed by atoms with Crippen LogP contribution in [0.5, 0.6) is 0 Å². The fourth-order valence-corrected chi connectivity index (χ4v) is 4.28. The van der Waals surface area contributed by atoms with Gasteiger partial charge in [-0.25, -0.2) is 4.79 Å². The third-order valence-electron chi connectivity index (χ3n) is 4.81. The summed E-state index contributed by atoms with van der Waals surface area (Å²) in [6, 6.07) is 7.22. The zero-order valence-corrected chi connectivity index (χ0v) is 21.3. The van der Waals surface area contributed by atoms with E-state index in [-0.39, 0.29) is 23.9 Å². The van der Waals surface area contributed by atoms with Gasteiger partial charge in [-0.15, -0.1) is 0 Å². The van der Waals surface area contributed by atoms with E-state index in [9.17, 15) is 9.59 Å². The summed E-state index contributed by atoms with van der Waals surface area (Å²) in [6.45, 7) is 8.04. The van der Waals surface area contributed by atoms with E-state index in [4.69, 9.17) is 11.6 Å². The zero-order chi connectivity index (χ0) is 23.9. The first-order chi connectivity index (χ1) is 15.4. The zero-order valence-electron chi connectivity index (χ0n) is 19.7. The van der Waals surface area contributed by atoms with Crippen LogP contribution in [-0.4, -0.2) is 30.5 Å². The van der Waals surface area contributed by atoms with Crippen LogP contribution in [0.1, 0.15) is 52.1 Å². The van der Waals surface area contributed by atoms with E-state index in [1.54, 1.807) is 7.05 Å². The van der Waals surface area contributed by atoms with E-state index in [2.05, 4.69) is 29.0 Å². The lowest BCUT2D eigenvalue weighted by atomic mass is 10.0. The molecule has 1 aliphatic heterocycles. The average molecular weight is 478 g/mol. The molecule has 0 aromatic heterocycles. The van der Waals surface area contributed by atoms with Crippen molar-refractivity contribution in [1.82, 2.24) is 10.6 Å². The van der Waals surface area contributed by atoms with Crippen molar-refractivity contribution in [1.29, 1.82) is 0 Å². The van der Waals surface area contributed by atoms with Crippen molar-refractivity contribution in [2.24, 2.45) is 5.92 Å². The van der Waals surface area contributed by atoms with Crippen molar-refractivity contribution in [3.8, 4) is 0 Å². The third kappa shape index (κ3) is 10.4. The van der Waals surface area contributed by atoms with Crippen molar-refractivity contribution in [2.75, 3.05) is 23.9 Å². The summed E-state index contributed by atoms with van der Waals surface area (Å²) < 4.78 is 0. The van der Waals surface area contributed by atoms with Crippen molar-refractivity contribution in [2.45, 2.75) is 46.6 Å². The maximum absolute atomic E-state index is 12.1. The molecule has 0 radical (unpaired) electrons. The van der Waals surface area contributed by atoms with Gasteiger partial charge in [-0.1, -0.05) is 61.4 Å². The lowest BCUT2D eigenvalue weighted by Gasteiger charge is -2.17. The molecule has 1 aromatic carbocycles. The number of carbonyl (C=O) groups excluding carboxylic acids is 2. The molecule has 0 bridgehead atoms. The highest BCUT2D eigenvalue weighted by atomic mass is 35.5. The molecule has 7 heteroatoms. The van der Waals surface area contributed by atoms with Crippen LogP contribution in [0.2, 0.25) is 0 Å². The van der Waals surface area contributed by atoms with Gasteiger partial charge in [0.1, 0.15) is 0 Å². The SMILES string of the molecule is CC.CC1=CCC=C(Cl)C=C1.CNC(=O)Nc1ccc([C@H](C)NC(=O)C2CCSC2)cc1. The van der Waals surface area contributed by atoms with Gasteiger partial charge in [0.05, 0.1) is 6.04 Å². The molecule has 0 spiro atoms. The third-order valence-corrected chi connectivity index (χ3v) is 6.26. The topological polar surface area (TPSA) is 70.2 Å². The Morgan fingerprint density at radius 3 is 2.41 bits per heavy atom. The number of allylic oxidation sites excluding steroid dienone is 6. The minimum absolute atomic E-state index is 0.0304. The number of carbonyl (C=O) groups is 2. The Labute approximate surface area is 202 Å². The molecule has 3 N–H and O–H groups in total. The molecule has 176 valence electrons. The fourth-order valence-electron chi connectivity index (χ4n) is 2.91. The summed E-state index contributed by atoms with van der Waals surface area (Å²) in [5.41, 5.74) is 3.03. The molecule has 1 fully saturated rings. The Bertz CT molecular complexity index is 793. The van der Waals surface area contributed by atoms with E-state index in [1.165, 1.54) is 5.57 Å². The highest BCUT2D eigenvalue weighted by Gasteiger charge is 2.24. The van der Waals surface area contributed by atoms with Crippen LogP contribution in [0.15, 0.2) is 59.2 Å². The van der Waals surface area contributed by atoms with Gasteiger partial charge >= 0.3 is 6.03 Å². The monoisotopic (exact) mass is 477 g/mol. The van der Waals surface area contributed by atoms with E-state index < -0.39 is 0 Å². The minimum atomic E-state index is -0.247. The lowest BCUT2D eigenvalue weighted by Crippen LogP contribution is -2.32. The summed E-state index contributed by atoms with van der Waals surface area (Å²) in [5.74, 6) is 2.28. The summed E-state index contributed by atoms with van der Waals surface area (Å²) in [4.78, 5) is 23.3. The van der Waals surface area contributed by atoms with Crippen LogP contribution >= 0.6 is 23.4 Å². The summed E-state index contributed by atoms with van der Waals surface area (Å²) in [6.07, 6.45) is 10.0. The molecule has 3 amide bonds. The maximum atomic E-state index is 12.1. The number of urea groups is 1. The van der Waals surface area contributed by atoms with Gasteiger partial charge in [0.15, 0.2) is 0 Å². The molecule has 2 atom stereocenters. The second kappa shape index (κ2) is 15.6. The Balaban J connectivity index is 0.000000388. The van der Waals surface area contributed by atoms with Gasteiger partial charge in [0, 0.05) is 29.4 Å². The number of benzene rings is 1. The molecule has 5 nitrogen and oxygen atoms in total. The molecule has 0 saturated carbocycles. The number of amides is 3. The summed E-state index contributed by atoms with van der Waals surface area (Å²) >= 11 is 7.56. The van der Waals surface area contributed by atoms with Crippen LogP contribution in [0.25, 0.3) is 0 Å². The van der Waals surface area contributed by atoms with E-state index >= 15 is 0 Å². The van der Waals surface area contributed by atoms with Gasteiger partial charge in [-0.2, -0.15) is 11.8 Å². The van der Waals surface area contributed by atoms with Crippen LogP contribution in [-0.2, 0) is 4.79 Å². The summed E-state index contributed by atoms with van der Waals surface area (Å²) in [5, 5.41) is 9.10. The van der Waals surface area contributed by atoms with Crippen LogP contribution in [0.3, 0.4) is 0 Å². The molecule has 32 heavy (non-hydrogen) atoms. The minimum Gasteiger partial charge on any atom is -0.349 e. The Hall–Kier alpha value is -2.18. The molecule has 1 heterocycles. The standard InChI is InChI=1S/C15H21N3O2S.C8H9Cl.C2H6/c1-10(17-14(19)12-7-8-21-9-12)11-3-5-13(6-4-11)18-15(20)16-2;1-7-3-2-4-8(9)6-5-7;1-2/h3-6,10,12H,7-9H2,1-2H3,(H,17,19)(H2,16,18,20);3-6H,2H2,1H3;1-2H3/t10-,12?;;/m0../s1. The smallest absolute Gasteiger partial charge is 0.318 e. The highest BCUT2D eigenvalue weighted by Crippen LogP contribution is 2.24. The number of hydrogen-bond donors (Lipinski definition) is 3. The number of hydrogen-bond acceptors (Lipinski definition) is 3. The summed E-state index contributed by atoms with van der Waals surface area (Å²) in [7, 11) is 1.57. The van der Waals surface area contributed by atoms with Crippen LogP contribution < -0.4 is 16.0 Å². The molecule has 3 rings (SSSR count). The normalized spacial score (nSPS) is 17.8. The van der Waals surface area contributed by atoms with Crippen molar-refractivity contribution in [3.05, 3.63) is 64.7 Å². The van der Waals surface area contributed by atoms with E-state index in [1.807, 2.05) is 75.0 Å². The number of nitrogens with one attached hydrogen (secondary N) is 3. The quantitative estimate of drug-likeness (QED) is 0.469. The maximum Gasteiger partial charge on any atom is 0.318 e. The van der Waals surface area contributed by atoms with Gasteiger partial charge < -0.3 is 16.0 Å². The fraction of sp³-hybridized carbons (Fsp3) is 0.440. The second-order valence-electron chi connectivity index (χ2n) is 7.22. The van der Waals surface area contributed by atoms with E-state index in [0.29, 0.717) is 0 Å². The van der Waals surface area contributed by atoms with Gasteiger partial charge in [-0.3, -0.25) is 4.79 Å². The predicted molar refractivity (Wildman–Crippen MR) is 139 cm³/mol. The molecule has 1 unspecified atom stereocenters. The van der Waals surface area contributed by atoms with Crippen LogP contribution in [0, 0.1) is 5.92 Å². The average Bonchev–Trinajstić information content (AvgIpc) is 3.28. The van der Waals surface area contributed by atoms with Gasteiger partial charge in [0.25, 0.3) is 0 Å². The number of halogens is 1. The van der Waals surface area contributed by atoms with Crippen molar-refractivity contribution in [3.63, 3.8) is 0 Å². The molecular weight excluding hydrogens is 442 g/mol. The first-order valence-electron chi connectivity index (χ1n) is 11.1. The van der Waals surface area contributed by atoms with Crippen molar-refractivity contribution < 1.29 is 9.59 Å². The van der Waals surface area contributed by atoms with Crippen molar-refractivity contribution >= 4 is 41.0 Å². The van der Waals surface area contributed by atoms with E-state index in [0.717, 1.165) is 40.6 Å².